The Balaban J connectivity index is 0.00000341. The molecule has 0 spiro atoms. The first kappa shape index (κ1) is 25.6. The summed E-state index contributed by atoms with van der Waals surface area (Å²) in [6.07, 6.45) is 1.96. The van der Waals surface area contributed by atoms with Crippen LogP contribution < -0.4 is 16.0 Å². The first-order valence-electron chi connectivity index (χ1n) is 11.0. The van der Waals surface area contributed by atoms with Crippen molar-refractivity contribution in [3.05, 3.63) is 71.8 Å². The summed E-state index contributed by atoms with van der Waals surface area (Å²) in [5, 5.41) is 10.9. The molecule has 1 saturated heterocycles. The van der Waals surface area contributed by atoms with Crippen molar-refractivity contribution in [2.45, 2.75) is 44.2 Å². The molecule has 1 fully saturated rings. The number of hydrogen-bond donors (Lipinski definition) is 3. The number of hydrogen-bond acceptors (Lipinski definition) is 3. The second-order valence-corrected chi connectivity index (χ2v) is 8.29. The lowest BCUT2D eigenvalue weighted by Crippen LogP contribution is -2.58. The Morgan fingerprint density at radius 1 is 0.935 bits per heavy atom. The van der Waals surface area contributed by atoms with E-state index in [9.17, 15) is 0 Å². The van der Waals surface area contributed by atoms with Gasteiger partial charge in [-0.05, 0) is 36.8 Å². The number of nitrogens with zero attached hydrogens (tertiary/aromatic N) is 1. The normalized spacial score (nSPS) is 17.8. The molecule has 2 unspecified atom stereocenters. The molecule has 31 heavy (non-hydrogen) atoms. The summed E-state index contributed by atoms with van der Waals surface area (Å²) in [5.41, 5.74) is 2.62. The van der Waals surface area contributed by atoms with Crippen LogP contribution in [-0.2, 0) is 4.74 Å². The number of nitrogens with one attached hydrogen (secondary N) is 3. The zero-order chi connectivity index (χ0) is 21.2. The lowest BCUT2D eigenvalue weighted by molar-refractivity contribution is 0.0355. The van der Waals surface area contributed by atoms with E-state index in [0.29, 0.717) is 5.92 Å². The van der Waals surface area contributed by atoms with Gasteiger partial charge >= 0.3 is 0 Å². The SMILES string of the molecule is CN=C(NCC(C)c1ccccc1)NCC1(NC(C)c2ccccc2)CCOCC1.I. The molecule has 5 nitrogen and oxygen atoms in total. The molecule has 0 saturated carbocycles. The smallest absolute Gasteiger partial charge is 0.191 e. The highest BCUT2D eigenvalue weighted by Crippen LogP contribution is 2.25. The summed E-state index contributed by atoms with van der Waals surface area (Å²) in [5.74, 6) is 1.26. The van der Waals surface area contributed by atoms with Gasteiger partial charge in [-0.25, -0.2) is 0 Å². The van der Waals surface area contributed by atoms with Crippen LogP contribution in [0.4, 0.5) is 0 Å². The highest BCUT2D eigenvalue weighted by Gasteiger charge is 2.34. The minimum absolute atomic E-state index is 0. The number of aliphatic imine (C=N–C) groups is 1. The molecule has 0 aliphatic carbocycles. The molecule has 2 atom stereocenters. The Labute approximate surface area is 204 Å². The monoisotopic (exact) mass is 536 g/mol. The van der Waals surface area contributed by atoms with Gasteiger partial charge in [0.1, 0.15) is 0 Å². The predicted molar refractivity (Wildman–Crippen MR) is 140 cm³/mol. The van der Waals surface area contributed by atoms with Gasteiger partial charge in [0.15, 0.2) is 5.96 Å². The highest BCUT2D eigenvalue weighted by molar-refractivity contribution is 14.0. The average Bonchev–Trinajstić information content (AvgIpc) is 2.80. The summed E-state index contributed by atoms with van der Waals surface area (Å²) >= 11 is 0. The fourth-order valence-corrected chi connectivity index (χ4v) is 4.04. The van der Waals surface area contributed by atoms with E-state index in [4.69, 9.17) is 4.74 Å². The van der Waals surface area contributed by atoms with E-state index < -0.39 is 0 Å². The van der Waals surface area contributed by atoms with E-state index in [0.717, 1.165) is 45.1 Å². The van der Waals surface area contributed by atoms with E-state index in [1.807, 2.05) is 7.05 Å². The maximum absolute atomic E-state index is 5.66. The van der Waals surface area contributed by atoms with Crippen LogP contribution in [0.15, 0.2) is 65.7 Å². The van der Waals surface area contributed by atoms with Crippen molar-refractivity contribution in [2.75, 3.05) is 33.4 Å². The van der Waals surface area contributed by atoms with Crippen molar-refractivity contribution in [1.29, 1.82) is 0 Å². The molecular formula is C25H37IN4O. The molecule has 0 aromatic heterocycles. The van der Waals surface area contributed by atoms with Crippen LogP contribution in [0.1, 0.15) is 49.8 Å². The second-order valence-electron chi connectivity index (χ2n) is 8.29. The third-order valence-corrected chi connectivity index (χ3v) is 6.03. The van der Waals surface area contributed by atoms with Crippen molar-refractivity contribution in [2.24, 2.45) is 4.99 Å². The molecule has 6 heteroatoms. The summed E-state index contributed by atoms with van der Waals surface area (Å²) in [6.45, 7) is 7.70. The molecule has 3 N–H and O–H groups in total. The summed E-state index contributed by atoms with van der Waals surface area (Å²) < 4.78 is 5.66. The molecule has 2 aromatic carbocycles. The van der Waals surface area contributed by atoms with Crippen LogP contribution in [0.3, 0.4) is 0 Å². The number of ether oxygens (including phenoxy) is 1. The van der Waals surface area contributed by atoms with Crippen LogP contribution >= 0.6 is 24.0 Å². The highest BCUT2D eigenvalue weighted by atomic mass is 127. The van der Waals surface area contributed by atoms with Gasteiger partial charge in [-0.3, -0.25) is 4.99 Å². The van der Waals surface area contributed by atoms with Gasteiger partial charge in [0.05, 0.1) is 0 Å². The van der Waals surface area contributed by atoms with Gasteiger partial charge in [-0.2, -0.15) is 0 Å². The Kier molecular flexibility index (Phi) is 10.8. The van der Waals surface area contributed by atoms with Crippen LogP contribution in [-0.4, -0.2) is 44.8 Å². The van der Waals surface area contributed by atoms with E-state index in [2.05, 4.69) is 95.5 Å². The van der Waals surface area contributed by atoms with E-state index >= 15 is 0 Å². The van der Waals surface area contributed by atoms with Crippen molar-refractivity contribution < 1.29 is 4.74 Å². The predicted octanol–water partition coefficient (Wildman–Crippen LogP) is 4.47. The van der Waals surface area contributed by atoms with E-state index in [-0.39, 0.29) is 35.6 Å². The van der Waals surface area contributed by atoms with Crippen LogP contribution in [0, 0.1) is 0 Å². The maximum Gasteiger partial charge on any atom is 0.191 e. The Morgan fingerprint density at radius 3 is 2.10 bits per heavy atom. The van der Waals surface area contributed by atoms with Crippen LogP contribution in [0.2, 0.25) is 0 Å². The molecule has 3 rings (SSSR count). The number of guanidine groups is 1. The van der Waals surface area contributed by atoms with Gasteiger partial charge in [-0.15, -0.1) is 24.0 Å². The Hall–Kier alpha value is -1.64. The molecule has 0 amide bonds. The van der Waals surface area contributed by atoms with E-state index in [1.165, 1.54) is 11.1 Å². The van der Waals surface area contributed by atoms with Crippen LogP contribution in [0.25, 0.3) is 0 Å². The topological polar surface area (TPSA) is 57.7 Å². The fraction of sp³-hybridized carbons (Fsp3) is 0.480. The number of halogens is 1. The van der Waals surface area contributed by atoms with E-state index in [1.54, 1.807) is 0 Å². The van der Waals surface area contributed by atoms with Gasteiger partial charge in [-0.1, -0.05) is 67.6 Å². The fourth-order valence-electron chi connectivity index (χ4n) is 4.04. The standard InChI is InChI=1S/C25H36N4O.HI/c1-20(22-10-6-4-7-11-22)18-27-24(26-3)28-19-25(14-16-30-17-15-25)29-21(2)23-12-8-5-9-13-23;/h4-13,20-21,29H,14-19H2,1-3H3,(H2,26,27,28);1H. The van der Waals surface area contributed by atoms with Gasteiger partial charge in [0.25, 0.3) is 0 Å². The van der Waals surface area contributed by atoms with Crippen molar-refractivity contribution in [3.8, 4) is 0 Å². The largest absolute Gasteiger partial charge is 0.381 e. The summed E-state index contributed by atoms with van der Waals surface area (Å²) in [4.78, 5) is 4.44. The van der Waals surface area contributed by atoms with Crippen molar-refractivity contribution in [1.82, 2.24) is 16.0 Å². The van der Waals surface area contributed by atoms with Crippen molar-refractivity contribution in [3.63, 3.8) is 0 Å². The zero-order valence-electron chi connectivity index (χ0n) is 18.9. The molecule has 1 aliphatic heterocycles. The minimum atomic E-state index is -0.0177. The lowest BCUT2D eigenvalue weighted by atomic mass is 9.88. The second kappa shape index (κ2) is 13.0. The minimum Gasteiger partial charge on any atom is -0.381 e. The number of benzene rings is 2. The van der Waals surface area contributed by atoms with Crippen molar-refractivity contribution >= 4 is 29.9 Å². The first-order valence-corrected chi connectivity index (χ1v) is 11.0. The van der Waals surface area contributed by atoms with Crippen LogP contribution in [0.5, 0.6) is 0 Å². The Bertz CT molecular complexity index is 779. The molecule has 0 radical (unpaired) electrons. The molecule has 0 bridgehead atoms. The third-order valence-electron chi connectivity index (χ3n) is 6.03. The quantitative estimate of drug-likeness (QED) is 0.265. The molecule has 1 aliphatic rings. The third kappa shape index (κ3) is 7.77. The zero-order valence-corrected chi connectivity index (χ0v) is 21.3. The van der Waals surface area contributed by atoms with Gasteiger partial charge < -0.3 is 20.7 Å². The first-order chi connectivity index (χ1) is 14.6. The average molecular weight is 537 g/mol. The van der Waals surface area contributed by atoms with Gasteiger partial charge in [0, 0.05) is 44.9 Å². The summed E-state index contributed by atoms with van der Waals surface area (Å²) in [6, 6.07) is 21.5. The maximum atomic E-state index is 5.66. The molecule has 1 heterocycles. The van der Waals surface area contributed by atoms with Gasteiger partial charge in [0.2, 0.25) is 0 Å². The summed E-state index contributed by atoms with van der Waals surface area (Å²) in [7, 11) is 1.83. The molecule has 2 aromatic rings. The Morgan fingerprint density at radius 2 is 1.52 bits per heavy atom. The molecule has 170 valence electrons. The lowest BCUT2D eigenvalue weighted by Gasteiger charge is -2.41. The molecular weight excluding hydrogens is 499 g/mol. The number of rotatable bonds is 8.